The first-order valence-corrected chi connectivity index (χ1v) is 5.69. The maximum atomic E-state index is 9.18. The van der Waals surface area contributed by atoms with Crippen molar-refractivity contribution in [2.75, 3.05) is 5.73 Å². The van der Waals surface area contributed by atoms with Crippen LogP contribution in [0, 0.1) is 3.57 Å². The minimum Gasteiger partial charge on any atom is -0.392 e. The average molecular weight is 305 g/mol. The molecule has 68 valence electrons. The lowest BCUT2D eigenvalue weighted by atomic mass is 10.1. The lowest BCUT2D eigenvalue weighted by Crippen LogP contribution is -1.87. The molecule has 2 nitrogen and oxygen atoms in total. The van der Waals surface area contributed by atoms with Gasteiger partial charge >= 0.3 is 0 Å². The molecule has 1 aromatic heterocycles. The Hall–Kier alpha value is -0.330. The second-order valence-corrected chi connectivity index (χ2v) is 5.02. The van der Waals surface area contributed by atoms with Gasteiger partial charge in [0.15, 0.2) is 0 Å². The predicted molar refractivity (Wildman–Crippen MR) is 64.9 cm³/mol. The molecule has 0 atom stereocenters. The van der Waals surface area contributed by atoms with Crippen molar-refractivity contribution in [3.63, 3.8) is 0 Å². The highest BCUT2D eigenvalue weighted by atomic mass is 127. The van der Waals surface area contributed by atoms with Gasteiger partial charge < -0.3 is 10.8 Å². The van der Waals surface area contributed by atoms with E-state index < -0.39 is 0 Å². The summed E-state index contributed by atoms with van der Waals surface area (Å²) in [7, 11) is 0. The van der Waals surface area contributed by atoms with E-state index in [0.29, 0.717) is 0 Å². The quantitative estimate of drug-likeness (QED) is 0.796. The van der Waals surface area contributed by atoms with Gasteiger partial charge in [0.05, 0.1) is 11.6 Å². The van der Waals surface area contributed by atoms with Crippen molar-refractivity contribution in [3.05, 3.63) is 27.3 Å². The summed E-state index contributed by atoms with van der Waals surface area (Å²) >= 11 is 3.78. The molecule has 0 radical (unpaired) electrons. The lowest BCUT2D eigenvalue weighted by Gasteiger charge is -2.01. The number of nitrogens with two attached hydrogens (primary N) is 1. The molecule has 0 aliphatic heterocycles. The van der Waals surface area contributed by atoms with E-state index in [1.807, 2.05) is 18.2 Å². The summed E-state index contributed by atoms with van der Waals surface area (Å²) in [6.07, 6.45) is 0. The Kier molecular flexibility index (Phi) is 2.44. The van der Waals surface area contributed by atoms with Crippen LogP contribution < -0.4 is 5.73 Å². The summed E-state index contributed by atoms with van der Waals surface area (Å²) in [5.74, 6) is 0. The second kappa shape index (κ2) is 3.43. The van der Waals surface area contributed by atoms with Gasteiger partial charge in [-0.1, -0.05) is 0 Å². The second-order valence-electron chi connectivity index (χ2n) is 2.74. The number of benzene rings is 1. The van der Waals surface area contributed by atoms with Gasteiger partial charge in [-0.05, 0) is 46.4 Å². The number of aliphatic hydroxyl groups is 1. The Labute approximate surface area is 93.5 Å². The third kappa shape index (κ3) is 1.53. The molecule has 1 aromatic carbocycles. The molecule has 0 aliphatic rings. The summed E-state index contributed by atoms with van der Waals surface area (Å²) in [4.78, 5) is 0. The molecule has 2 rings (SSSR count). The Morgan fingerprint density at radius 2 is 2.23 bits per heavy atom. The normalized spacial score (nSPS) is 10.9. The lowest BCUT2D eigenvalue weighted by molar-refractivity contribution is 0.282. The van der Waals surface area contributed by atoms with Gasteiger partial charge in [0.1, 0.15) is 0 Å². The molecule has 2 aromatic rings. The monoisotopic (exact) mass is 305 g/mol. The smallest absolute Gasteiger partial charge is 0.0868 e. The Morgan fingerprint density at radius 1 is 1.46 bits per heavy atom. The van der Waals surface area contributed by atoms with Crippen LogP contribution >= 0.6 is 33.9 Å². The first-order chi connectivity index (χ1) is 6.22. The zero-order chi connectivity index (χ0) is 9.42. The van der Waals surface area contributed by atoms with Gasteiger partial charge in [0, 0.05) is 13.7 Å². The van der Waals surface area contributed by atoms with Gasteiger partial charge in [0.25, 0.3) is 0 Å². The van der Waals surface area contributed by atoms with Gasteiger partial charge in [-0.15, -0.1) is 11.3 Å². The Bertz CT molecular complexity index is 452. The van der Waals surface area contributed by atoms with Crippen LogP contribution in [0.25, 0.3) is 10.1 Å². The van der Waals surface area contributed by atoms with Crippen LogP contribution in [-0.2, 0) is 6.61 Å². The standard InChI is InChI=1S/C9H8INOS/c10-7-1-2-8-5(6(7)4-12)3-9(11)13-8/h1-3,12H,4,11H2. The fourth-order valence-corrected chi connectivity index (χ4v) is 2.82. The van der Waals surface area contributed by atoms with Gasteiger partial charge in [-0.2, -0.15) is 0 Å². The SMILES string of the molecule is Nc1cc2c(CO)c(I)ccc2s1. The summed E-state index contributed by atoms with van der Waals surface area (Å²) < 4.78 is 2.23. The van der Waals surface area contributed by atoms with Crippen molar-refractivity contribution in [1.82, 2.24) is 0 Å². The summed E-state index contributed by atoms with van der Waals surface area (Å²) in [5, 5.41) is 11.1. The van der Waals surface area contributed by atoms with Crippen molar-refractivity contribution in [1.29, 1.82) is 0 Å². The molecular weight excluding hydrogens is 297 g/mol. The number of fused-ring (bicyclic) bond motifs is 1. The van der Waals surface area contributed by atoms with E-state index in [0.717, 1.165) is 24.2 Å². The van der Waals surface area contributed by atoms with Crippen molar-refractivity contribution in [3.8, 4) is 0 Å². The van der Waals surface area contributed by atoms with Crippen LogP contribution in [0.2, 0.25) is 0 Å². The number of hydrogen-bond donors (Lipinski definition) is 2. The number of rotatable bonds is 1. The molecule has 0 spiro atoms. The molecular formula is C9H8INOS. The molecule has 0 aliphatic carbocycles. The van der Waals surface area contributed by atoms with E-state index in [1.54, 1.807) is 11.3 Å². The van der Waals surface area contributed by atoms with Gasteiger partial charge in [-0.3, -0.25) is 0 Å². The highest BCUT2D eigenvalue weighted by Crippen LogP contribution is 2.32. The number of anilines is 1. The first-order valence-electron chi connectivity index (χ1n) is 3.79. The number of nitrogen functional groups attached to an aromatic ring is 1. The van der Waals surface area contributed by atoms with E-state index >= 15 is 0 Å². The minimum absolute atomic E-state index is 0.0752. The zero-order valence-electron chi connectivity index (χ0n) is 6.75. The van der Waals surface area contributed by atoms with Crippen LogP contribution in [0.5, 0.6) is 0 Å². The Balaban J connectivity index is 2.82. The third-order valence-electron chi connectivity index (χ3n) is 1.93. The van der Waals surface area contributed by atoms with Crippen molar-refractivity contribution >= 4 is 49.0 Å². The molecule has 0 saturated carbocycles. The van der Waals surface area contributed by atoms with Gasteiger partial charge in [-0.25, -0.2) is 0 Å². The van der Waals surface area contributed by atoms with Crippen LogP contribution in [-0.4, -0.2) is 5.11 Å². The highest BCUT2D eigenvalue weighted by molar-refractivity contribution is 14.1. The molecule has 4 heteroatoms. The van der Waals surface area contributed by atoms with E-state index in [2.05, 4.69) is 22.6 Å². The molecule has 1 heterocycles. The average Bonchev–Trinajstić information content (AvgIpc) is 2.45. The third-order valence-corrected chi connectivity index (χ3v) is 3.87. The van der Waals surface area contributed by atoms with E-state index in [1.165, 1.54) is 0 Å². The molecule has 0 unspecified atom stereocenters. The van der Waals surface area contributed by atoms with Crippen molar-refractivity contribution < 1.29 is 5.11 Å². The maximum Gasteiger partial charge on any atom is 0.0868 e. The molecule has 13 heavy (non-hydrogen) atoms. The van der Waals surface area contributed by atoms with Crippen LogP contribution in [0.4, 0.5) is 5.00 Å². The van der Waals surface area contributed by atoms with Crippen LogP contribution in [0.1, 0.15) is 5.56 Å². The first kappa shape index (κ1) is 9.23. The Morgan fingerprint density at radius 3 is 2.92 bits per heavy atom. The van der Waals surface area contributed by atoms with Crippen LogP contribution in [0.15, 0.2) is 18.2 Å². The largest absolute Gasteiger partial charge is 0.392 e. The number of aliphatic hydroxyl groups excluding tert-OH is 1. The van der Waals surface area contributed by atoms with E-state index in [4.69, 9.17) is 5.73 Å². The molecule has 0 saturated heterocycles. The summed E-state index contributed by atoms with van der Waals surface area (Å²) in [6.45, 7) is 0.0752. The highest BCUT2D eigenvalue weighted by Gasteiger charge is 2.07. The topological polar surface area (TPSA) is 46.2 Å². The van der Waals surface area contributed by atoms with E-state index in [-0.39, 0.29) is 6.61 Å². The minimum atomic E-state index is 0.0752. The number of thiophene rings is 1. The number of halogens is 1. The van der Waals surface area contributed by atoms with E-state index in [9.17, 15) is 5.11 Å². The number of hydrogen-bond acceptors (Lipinski definition) is 3. The summed E-state index contributed by atoms with van der Waals surface area (Å²) in [6, 6.07) is 5.97. The fraction of sp³-hybridized carbons (Fsp3) is 0.111. The molecule has 0 amide bonds. The van der Waals surface area contributed by atoms with Crippen LogP contribution in [0.3, 0.4) is 0 Å². The maximum absolute atomic E-state index is 9.18. The van der Waals surface area contributed by atoms with Crippen molar-refractivity contribution in [2.24, 2.45) is 0 Å². The fourth-order valence-electron chi connectivity index (χ4n) is 1.32. The zero-order valence-corrected chi connectivity index (χ0v) is 9.72. The summed E-state index contributed by atoms with van der Waals surface area (Å²) in [5.41, 5.74) is 6.68. The van der Waals surface area contributed by atoms with Crippen molar-refractivity contribution in [2.45, 2.75) is 6.61 Å². The van der Waals surface area contributed by atoms with Gasteiger partial charge in [0.2, 0.25) is 0 Å². The molecule has 0 bridgehead atoms. The molecule has 0 fully saturated rings. The predicted octanol–water partition coefficient (Wildman–Crippen LogP) is 2.58. The molecule has 3 N–H and O–H groups in total.